The van der Waals surface area contributed by atoms with Crippen molar-refractivity contribution in [2.45, 2.75) is 18.2 Å². The van der Waals surface area contributed by atoms with Gasteiger partial charge in [-0.05, 0) is 67.1 Å². The number of nitrogens with one attached hydrogen (secondary N) is 1. The standard InChI is InChI=1S/C27H24ClN3O8S/c1-17-23(16-26(32)29-13-14-39-40(36,37)22-10-7-20(8-11-22)31(34)35)24-15-21(38-2)9-12-25(24)30(17)27(33)18-3-5-19(28)6-4-18/h3-12,15H,13-14,16H2,1-2H3,(H,29,32). The fourth-order valence-corrected chi connectivity index (χ4v) is 5.20. The van der Waals surface area contributed by atoms with Gasteiger partial charge in [0.15, 0.2) is 0 Å². The van der Waals surface area contributed by atoms with Crippen LogP contribution >= 0.6 is 11.6 Å². The minimum Gasteiger partial charge on any atom is -0.497 e. The topological polar surface area (TPSA) is 147 Å². The van der Waals surface area contributed by atoms with Crippen LogP contribution in [-0.4, -0.2) is 50.0 Å². The first-order valence-electron chi connectivity index (χ1n) is 11.9. The van der Waals surface area contributed by atoms with Crippen LogP contribution in [-0.2, 0) is 25.5 Å². The van der Waals surface area contributed by atoms with Gasteiger partial charge in [0.05, 0.1) is 35.5 Å². The highest BCUT2D eigenvalue weighted by atomic mass is 35.5. The second kappa shape index (κ2) is 11.9. The highest BCUT2D eigenvalue weighted by Crippen LogP contribution is 2.31. The van der Waals surface area contributed by atoms with Gasteiger partial charge in [-0.2, -0.15) is 8.42 Å². The molecule has 208 valence electrons. The molecule has 4 aromatic rings. The lowest BCUT2D eigenvalue weighted by Crippen LogP contribution is -2.29. The van der Waals surface area contributed by atoms with Crippen molar-refractivity contribution < 1.29 is 31.9 Å². The molecule has 0 aliphatic carbocycles. The molecule has 0 aliphatic rings. The molecular weight excluding hydrogens is 562 g/mol. The summed E-state index contributed by atoms with van der Waals surface area (Å²) in [6.45, 7) is 1.27. The van der Waals surface area contributed by atoms with E-state index in [4.69, 9.17) is 20.5 Å². The zero-order valence-electron chi connectivity index (χ0n) is 21.4. The van der Waals surface area contributed by atoms with Crippen LogP contribution in [0.1, 0.15) is 21.6 Å². The largest absolute Gasteiger partial charge is 0.497 e. The van der Waals surface area contributed by atoms with Gasteiger partial charge in [0, 0.05) is 40.3 Å². The van der Waals surface area contributed by atoms with Crippen molar-refractivity contribution in [1.29, 1.82) is 0 Å². The van der Waals surface area contributed by atoms with Crippen molar-refractivity contribution in [3.8, 4) is 5.75 Å². The summed E-state index contributed by atoms with van der Waals surface area (Å²) >= 11 is 5.97. The van der Waals surface area contributed by atoms with E-state index < -0.39 is 20.9 Å². The van der Waals surface area contributed by atoms with Crippen LogP contribution in [0.25, 0.3) is 10.9 Å². The quantitative estimate of drug-likeness (QED) is 0.126. The molecule has 0 aliphatic heterocycles. The lowest BCUT2D eigenvalue weighted by molar-refractivity contribution is -0.384. The number of methoxy groups -OCH3 is 1. The molecule has 4 rings (SSSR count). The predicted octanol–water partition coefficient (Wildman–Crippen LogP) is 4.27. The van der Waals surface area contributed by atoms with E-state index in [-0.39, 0.29) is 36.1 Å². The molecule has 3 aromatic carbocycles. The Kier molecular flexibility index (Phi) is 8.52. The molecule has 0 saturated heterocycles. The van der Waals surface area contributed by atoms with Gasteiger partial charge in [0.1, 0.15) is 5.75 Å². The Morgan fingerprint density at radius 1 is 1.05 bits per heavy atom. The maximum absolute atomic E-state index is 13.4. The second-order valence-corrected chi connectivity index (χ2v) is 10.7. The van der Waals surface area contributed by atoms with Crippen molar-refractivity contribution in [3.63, 3.8) is 0 Å². The van der Waals surface area contributed by atoms with Crippen molar-refractivity contribution in [1.82, 2.24) is 9.88 Å². The lowest BCUT2D eigenvalue weighted by atomic mass is 10.1. The summed E-state index contributed by atoms with van der Waals surface area (Å²) < 4.78 is 36.5. The van der Waals surface area contributed by atoms with Crippen LogP contribution in [0, 0.1) is 17.0 Å². The summed E-state index contributed by atoms with van der Waals surface area (Å²) in [5.41, 5.74) is 1.93. The van der Waals surface area contributed by atoms with E-state index in [1.807, 2.05) is 0 Å². The number of nitrogens with zero attached hydrogens (tertiary/aromatic N) is 2. The molecule has 0 radical (unpaired) electrons. The number of nitro groups is 1. The zero-order chi connectivity index (χ0) is 29.0. The molecule has 1 heterocycles. The molecule has 40 heavy (non-hydrogen) atoms. The molecule has 0 saturated carbocycles. The molecule has 0 bridgehead atoms. The minimum absolute atomic E-state index is 0.0918. The van der Waals surface area contributed by atoms with Gasteiger partial charge >= 0.3 is 0 Å². The first-order chi connectivity index (χ1) is 19.0. The average Bonchev–Trinajstić information content (AvgIpc) is 3.21. The number of benzene rings is 3. The summed E-state index contributed by atoms with van der Waals surface area (Å²) in [5.74, 6) is -0.156. The van der Waals surface area contributed by atoms with Crippen LogP contribution in [0.5, 0.6) is 5.75 Å². The highest BCUT2D eigenvalue weighted by Gasteiger charge is 2.22. The monoisotopic (exact) mass is 585 g/mol. The van der Waals surface area contributed by atoms with E-state index in [2.05, 4.69) is 5.32 Å². The third-order valence-electron chi connectivity index (χ3n) is 6.17. The lowest BCUT2D eigenvalue weighted by Gasteiger charge is -2.09. The van der Waals surface area contributed by atoms with Crippen LogP contribution in [0.2, 0.25) is 5.02 Å². The van der Waals surface area contributed by atoms with Gasteiger partial charge in [0.2, 0.25) is 5.91 Å². The normalized spacial score (nSPS) is 11.4. The first kappa shape index (κ1) is 28.7. The van der Waals surface area contributed by atoms with E-state index in [0.29, 0.717) is 38.5 Å². The van der Waals surface area contributed by atoms with E-state index >= 15 is 0 Å². The molecule has 1 aromatic heterocycles. The molecule has 11 nitrogen and oxygen atoms in total. The van der Waals surface area contributed by atoms with Crippen molar-refractivity contribution in [3.05, 3.63) is 98.7 Å². The predicted molar refractivity (Wildman–Crippen MR) is 147 cm³/mol. The van der Waals surface area contributed by atoms with Gasteiger partial charge in [-0.3, -0.25) is 28.5 Å². The number of fused-ring (bicyclic) bond motifs is 1. The molecule has 1 amide bonds. The zero-order valence-corrected chi connectivity index (χ0v) is 23.0. The number of rotatable bonds is 10. The Hall–Kier alpha value is -4.26. The number of ether oxygens (including phenoxy) is 1. The molecule has 13 heteroatoms. The Balaban J connectivity index is 1.48. The number of hydrogen-bond acceptors (Lipinski definition) is 8. The van der Waals surface area contributed by atoms with Crippen molar-refractivity contribution in [2.75, 3.05) is 20.3 Å². The second-order valence-electron chi connectivity index (χ2n) is 8.65. The third kappa shape index (κ3) is 6.14. The molecule has 0 unspecified atom stereocenters. The third-order valence-corrected chi connectivity index (χ3v) is 7.75. The van der Waals surface area contributed by atoms with Crippen molar-refractivity contribution in [2.24, 2.45) is 0 Å². The number of hydrogen-bond donors (Lipinski definition) is 1. The fourth-order valence-electron chi connectivity index (χ4n) is 4.16. The number of carbonyl (C=O) groups is 2. The summed E-state index contributed by atoms with van der Waals surface area (Å²) in [6, 6.07) is 16.0. The van der Waals surface area contributed by atoms with Crippen LogP contribution in [0.3, 0.4) is 0 Å². The summed E-state index contributed by atoms with van der Waals surface area (Å²) in [7, 11) is -2.66. The Morgan fingerprint density at radius 3 is 2.35 bits per heavy atom. The van der Waals surface area contributed by atoms with Crippen LogP contribution < -0.4 is 10.1 Å². The number of aromatic nitrogens is 1. The molecule has 0 spiro atoms. The smallest absolute Gasteiger partial charge is 0.297 e. The van der Waals surface area contributed by atoms with E-state index in [1.54, 1.807) is 49.4 Å². The summed E-state index contributed by atoms with van der Waals surface area (Å²) in [4.78, 5) is 36.1. The average molecular weight is 586 g/mol. The molecule has 0 fully saturated rings. The van der Waals surface area contributed by atoms with E-state index in [0.717, 1.165) is 24.3 Å². The van der Waals surface area contributed by atoms with Gasteiger partial charge in [0.25, 0.3) is 21.7 Å². The van der Waals surface area contributed by atoms with Gasteiger partial charge in [-0.1, -0.05) is 11.6 Å². The van der Waals surface area contributed by atoms with Crippen LogP contribution in [0.15, 0.2) is 71.6 Å². The van der Waals surface area contributed by atoms with Gasteiger partial charge in [-0.25, -0.2) is 0 Å². The summed E-state index contributed by atoms with van der Waals surface area (Å²) in [5, 5.41) is 14.5. The molecular formula is C27H24ClN3O8S. The van der Waals surface area contributed by atoms with Crippen LogP contribution in [0.4, 0.5) is 5.69 Å². The maximum Gasteiger partial charge on any atom is 0.297 e. The Morgan fingerprint density at radius 2 is 1.73 bits per heavy atom. The number of nitro benzene ring substituents is 1. The van der Waals surface area contributed by atoms with Crippen molar-refractivity contribution >= 4 is 50.1 Å². The Bertz CT molecular complexity index is 1700. The fraction of sp³-hybridized carbons (Fsp3) is 0.185. The summed E-state index contributed by atoms with van der Waals surface area (Å²) in [6.07, 6.45) is -0.0918. The minimum atomic E-state index is -4.17. The van der Waals surface area contributed by atoms with E-state index in [9.17, 15) is 28.1 Å². The number of amides is 1. The highest BCUT2D eigenvalue weighted by molar-refractivity contribution is 7.86. The number of non-ortho nitro benzene ring substituents is 1. The number of halogens is 1. The molecule has 0 atom stereocenters. The van der Waals surface area contributed by atoms with Gasteiger partial charge in [-0.15, -0.1) is 0 Å². The maximum atomic E-state index is 13.4. The molecule has 1 N–H and O–H groups in total. The number of carbonyl (C=O) groups excluding carboxylic acids is 2. The Labute approximate surface area is 234 Å². The van der Waals surface area contributed by atoms with E-state index in [1.165, 1.54) is 11.7 Å². The first-order valence-corrected chi connectivity index (χ1v) is 13.7. The van der Waals surface area contributed by atoms with Gasteiger partial charge < -0.3 is 10.1 Å². The SMILES string of the molecule is COc1ccc2c(c1)c(CC(=O)NCCOS(=O)(=O)c1ccc([N+](=O)[O-])cc1)c(C)n2C(=O)c1ccc(Cl)cc1.